The fraction of sp³-hybridized carbons (Fsp3) is 0.265. The van der Waals surface area contributed by atoms with E-state index in [1.807, 2.05) is 55.5 Å². The smallest absolute Gasteiger partial charge is 0.306 e. The Labute approximate surface area is 265 Å². The highest BCUT2D eigenvalue weighted by molar-refractivity contribution is 6.36. The van der Waals surface area contributed by atoms with Crippen LogP contribution in [0.15, 0.2) is 71.8 Å². The van der Waals surface area contributed by atoms with Gasteiger partial charge >= 0.3 is 5.97 Å². The number of hydrogen-bond acceptors (Lipinski definition) is 8. The quantitative estimate of drug-likeness (QED) is 0.212. The number of carboxylic acid groups (broad SMARTS) is 1. The van der Waals surface area contributed by atoms with Crippen molar-refractivity contribution in [2.75, 3.05) is 25.5 Å². The highest BCUT2D eigenvalue weighted by atomic mass is 35.5. The van der Waals surface area contributed by atoms with Gasteiger partial charge in [-0.15, -0.1) is 0 Å². The molecule has 0 aliphatic carbocycles. The maximum Gasteiger partial charge on any atom is 0.306 e. The molecule has 5 aromatic rings. The first-order valence-corrected chi connectivity index (χ1v) is 15.1. The Morgan fingerprint density at radius 3 is 2.56 bits per heavy atom. The molecule has 1 aliphatic rings. The summed E-state index contributed by atoms with van der Waals surface area (Å²) < 4.78 is 6.98. The van der Waals surface area contributed by atoms with E-state index in [2.05, 4.69) is 20.3 Å². The number of hydrogen-bond donors (Lipinski definition) is 2. The number of likely N-dealkylation sites (tertiary alicyclic amines) is 1. The molecule has 0 unspecified atom stereocenters. The van der Waals surface area contributed by atoms with Crippen molar-refractivity contribution in [2.45, 2.75) is 26.3 Å². The molecule has 3 aromatic heterocycles. The van der Waals surface area contributed by atoms with E-state index in [4.69, 9.17) is 21.3 Å². The number of ether oxygens (including phenoxy) is 1. The second-order valence-corrected chi connectivity index (χ2v) is 11.6. The molecule has 0 radical (unpaired) electrons. The number of halogens is 1. The lowest BCUT2D eigenvalue weighted by Crippen LogP contribution is -2.35. The second kappa shape index (κ2) is 12.7. The van der Waals surface area contributed by atoms with Crippen LogP contribution in [0, 0.1) is 12.8 Å². The Bertz CT molecular complexity index is 1970. The number of nitrogens with one attached hydrogen (secondary N) is 1. The number of nitrogens with zero attached hydrogens (tertiary/aromatic N) is 5. The zero-order chi connectivity index (χ0) is 31.7. The lowest BCUT2D eigenvalue weighted by atomic mass is 9.96. The van der Waals surface area contributed by atoms with Gasteiger partial charge in [0.2, 0.25) is 5.88 Å². The van der Waals surface area contributed by atoms with Crippen molar-refractivity contribution in [3.8, 4) is 28.3 Å². The summed E-state index contributed by atoms with van der Waals surface area (Å²) in [6.45, 7) is 4.06. The molecule has 11 heteroatoms. The van der Waals surface area contributed by atoms with Crippen molar-refractivity contribution in [3.63, 3.8) is 0 Å². The third-order valence-electron chi connectivity index (χ3n) is 8.48. The first kappa shape index (κ1) is 30.2. The second-order valence-electron chi connectivity index (χ2n) is 11.2. The molecule has 45 heavy (non-hydrogen) atoms. The molecule has 2 aromatic carbocycles. The molecule has 4 heterocycles. The number of pyridine rings is 2. The van der Waals surface area contributed by atoms with Gasteiger partial charge in [0.05, 0.1) is 35.3 Å². The van der Waals surface area contributed by atoms with E-state index in [-0.39, 0.29) is 11.5 Å². The monoisotopic (exact) mass is 624 g/mol. The van der Waals surface area contributed by atoms with Crippen LogP contribution in [0.5, 0.6) is 5.88 Å². The van der Waals surface area contributed by atoms with Crippen LogP contribution in [0.4, 0.5) is 11.5 Å². The average molecular weight is 625 g/mol. The van der Waals surface area contributed by atoms with Gasteiger partial charge in [0.1, 0.15) is 5.82 Å². The van der Waals surface area contributed by atoms with Crippen LogP contribution in [0.1, 0.15) is 24.0 Å². The molecule has 1 fully saturated rings. The van der Waals surface area contributed by atoms with Crippen molar-refractivity contribution in [1.29, 1.82) is 0 Å². The minimum absolute atomic E-state index is 0.232. The van der Waals surface area contributed by atoms with E-state index in [1.165, 1.54) is 4.68 Å². The standard InChI is InChI=1S/C34H33ClN6O4/c1-20-24(6-5-9-27(20)38-31-29-22(12-15-36-31)18-37-40(2)33(29)42)25-7-4-8-26(30(25)35)28-11-10-23(32(39-28)45-3)19-41-16-13-21(14-17-41)34(43)44/h4-12,15,18,21H,13-14,16-17,19H2,1-3H3,(H,36,38)(H,43,44). The van der Waals surface area contributed by atoms with Gasteiger partial charge in [0.15, 0.2) is 0 Å². The topological polar surface area (TPSA) is 122 Å². The van der Waals surface area contributed by atoms with Gasteiger partial charge in [-0.3, -0.25) is 14.5 Å². The molecule has 1 saturated heterocycles. The Kier molecular flexibility index (Phi) is 8.51. The highest BCUT2D eigenvalue weighted by Gasteiger charge is 2.25. The first-order chi connectivity index (χ1) is 21.7. The van der Waals surface area contributed by atoms with Crippen LogP contribution in [-0.4, -0.2) is 55.9 Å². The summed E-state index contributed by atoms with van der Waals surface area (Å²) in [7, 11) is 3.22. The zero-order valence-corrected chi connectivity index (χ0v) is 26.0. The number of aromatic nitrogens is 4. The van der Waals surface area contributed by atoms with Gasteiger partial charge in [-0.05, 0) is 62.2 Å². The molecular weight excluding hydrogens is 592 g/mol. The first-order valence-electron chi connectivity index (χ1n) is 14.7. The molecule has 10 nitrogen and oxygen atoms in total. The molecule has 1 aliphatic heterocycles. The van der Waals surface area contributed by atoms with Crippen molar-refractivity contribution >= 4 is 39.8 Å². The average Bonchev–Trinajstić information content (AvgIpc) is 3.04. The largest absolute Gasteiger partial charge is 0.481 e. The van der Waals surface area contributed by atoms with E-state index in [0.29, 0.717) is 65.7 Å². The van der Waals surface area contributed by atoms with Crippen LogP contribution < -0.4 is 15.6 Å². The minimum Gasteiger partial charge on any atom is -0.481 e. The summed E-state index contributed by atoms with van der Waals surface area (Å²) in [6.07, 6.45) is 4.57. The molecule has 0 amide bonds. The fourth-order valence-electron chi connectivity index (χ4n) is 5.89. The predicted molar refractivity (Wildman–Crippen MR) is 175 cm³/mol. The zero-order valence-electron chi connectivity index (χ0n) is 25.2. The summed E-state index contributed by atoms with van der Waals surface area (Å²) in [6, 6.07) is 17.5. The summed E-state index contributed by atoms with van der Waals surface area (Å²) in [4.78, 5) is 35.7. The Balaban J connectivity index is 1.29. The van der Waals surface area contributed by atoms with Crippen LogP contribution in [0.25, 0.3) is 33.2 Å². The summed E-state index contributed by atoms with van der Waals surface area (Å²) >= 11 is 7.09. The number of fused-ring (bicyclic) bond motifs is 1. The Morgan fingerprint density at radius 2 is 1.80 bits per heavy atom. The van der Waals surface area contributed by atoms with E-state index >= 15 is 0 Å². The minimum atomic E-state index is -0.720. The SMILES string of the molecule is COc1nc(-c2cccc(-c3cccc(Nc4nccc5cnn(C)c(=O)c45)c3C)c2Cl)ccc1CN1CCC(C(=O)O)CC1. The molecule has 6 rings (SSSR count). The van der Waals surface area contributed by atoms with Crippen molar-refractivity contribution in [2.24, 2.45) is 13.0 Å². The number of piperidine rings is 1. The van der Waals surface area contributed by atoms with Gasteiger partial charge < -0.3 is 15.2 Å². The number of rotatable bonds is 8. The van der Waals surface area contributed by atoms with Crippen molar-refractivity contribution in [3.05, 3.63) is 93.5 Å². The normalized spacial score (nSPS) is 14.0. The van der Waals surface area contributed by atoms with Gasteiger partial charge in [0.25, 0.3) is 5.56 Å². The maximum atomic E-state index is 12.9. The molecule has 0 atom stereocenters. The number of carbonyl (C=O) groups is 1. The van der Waals surface area contributed by atoms with Crippen LogP contribution in [0.3, 0.4) is 0 Å². The summed E-state index contributed by atoms with van der Waals surface area (Å²) in [5.74, 6) is -0.0271. The van der Waals surface area contributed by atoms with Crippen LogP contribution >= 0.6 is 11.6 Å². The number of carboxylic acids is 1. The van der Waals surface area contributed by atoms with Crippen molar-refractivity contribution < 1.29 is 14.6 Å². The van der Waals surface area contributed by atoms with E-state index in [9.17, 15) is 14.7 Å². The van der Waals surface area contributed by atoms with Gasteiger partial charge in [-0.2, -0.15) is 5.10 Å². The van der Waals surface area contributed by atoms with Crippen LogP contribution in [0.2, 0.25) is 5.02 Å². The number of aryl methyl sites for hydroxylation is 1. The molecule has 230 valence electrons. The molecule has 0 bridgehead atoms. The summed E-state index contributed by atoms with van der Waals surface area (Å²) in [5, 5.41) is 18.5. The number of anilines is 2. The van der Waals surface area contributed by atoms with E-state index in [1.54, 1.807) is 32.6 Å². The maximum absolute atomic E-state index is 12.9. The number of benzene rings is 2. The molecule has 0 saturated carbocycles. The van der Waals surface area contributed by atoms with Crippen molar-refractivity contribution in [1.82, 2.24) is 24.6 Å². The van der Waals surface area contributed by atoms with Gasteiger partial charge in [-0.25, -0.2) is 14.6 Å². The fourth-order valence-corrected chi connectivity index (χ4v) is 6.21. The lowest BCUT2D eigenvalue weighted by Gasteiger charge is -2.30. The third-order valence-corrected chi connectivity index (χ3v) is 8.88. The summed E-state index contributed by atoms with van der Waals surface area (Å²) in [5.41, 5.74) is 5.66. The van der Waals surface area contributed by atoms with Gasteiger partial charge in [0, 0.05) is 47.6 Å². The molecule has 0 spiro atoms. The number of methoxy groups -OCH3 is 1. The predicted octanol–water partition coefficient (Wildman–Crippen LogP) is 6.07. The third kappa shape index (κ3) is 5.99. The van der Waals surface area contributed by atoms with E-state index in [0.717, 1.165) is 33.5 Å². The highest BCUT2D eigenvalue weighted by Crippen LogP contribution is 2.40. The van der Waals surface area contributed by atoms with Crippen LogP contribution in [-0.2, 0) is 18.4 Å². The lowest BCUT2D eigenvalue weighted by molar-refractivity contribution is -0.143. The Hall–Kier alpha value is -4.80. The van der Waals surface area contributed by atoms with Gasteiger partial charge in [-0.1, -0.05) is 48.0 Å². The molecule has 2 N–H and O–H groups in total. The Morgan fingerprint density at radius 1 is 1.07 bits per heavy atom. The van der Waals surface area contributed by atoms with E-state index < -0.39 is 5.97 Å². The molecular formula is C34H33ClN6O4. The number of aliphatic carboxylic acids is 1.